The lowest BCUT2D eigenvalue weighted by molar-refractivity contribution is 0.493. The van der Waals surface area contributed by atoms with Crippen molar-refractivity contribution in [3.8, 4) is 11.1 Å². The zero-order valence-corrected chi connectivity index (χ0v) is 17.7. The topological polar surface area (TPSA) is 83.7 Å². The Morgan fingerprint density at radius 2 is 1.97 bits per heavy atom. The fraction of sp³-hybridized carbons (Fsp3) is 0.381. The Kier molecular flexibility index (Phi) is 6.69. The van der Waals surface area contributed by atoms with E-state index in [1.54, 1.807) is 18.3 Å². The van der Waals surface area contributed by atoms with Crippen LogP contribution >= 0.6 is 11.6 Å². The third-order valence-electron chi connectivity index (χ3n) is 5.04. The van der Waals surface area contributed by atoms with Crippen molar-refractivity contribution in [2.45, 2.75) is 39.5 Å². The van der Waals surface area contributed by atoms with Crippen molar-refractivity contribution in [3.05, 3.63) is 53.0 Å². The SMILES string of the molecule is CC.Cc1[nH]c(N)nc1C1CCN(c2ncncc2-c2ccc(F)c(Cl)c2)CC1. The molecule has 8 heteroatoms. The maximum absolute atomic E-state index is 13.5. The summed E-state index contributed by atoms with van der Waals surface area (Å²) in [5.74, 6) is 1.24. The minimum Gasteiger partial charge on any atom is -0.369 e. The number of halogens is 2. The number of H-pyrrole nitrogens is 1. The molecule has 0 bridgehead atoms. The van der Waals surface area contributed by atoms with Crippen LogP contribution in [0.3, 0.4) is 0 Å². The van der Waals surface area contributed by atoms with Crippen molar-refractivity contribution in [2.75, 3.05) is 23.7 Å². The highest BCUT2D eigenvalue weighted by atomic mass is 35.5. The highest BCUT2D eigenvalue weighted by Crippen LogP contribution is 2.35. The molecule has 0 amide bonds. The van der Waals surface area contributed by atoms with Gasteiger partial charge in [-0.2, -0.15) is 0 Å². The van der Waals surface area contributed by atoms with Crippen LogP contribution in [-0.4, -0.2) is 33.0 Å². The molecular weight excluding hydrogens is 391 g/mol. The zero-order valence-electron chi connectivity index (χ0n) is 16.9. The van der Waals surface area contributed by atoms with Crippen LogP contribution in [0.15, 0.2) is 30.7 Å². The Balaban J connectivity index is 0.00000117. The number of aromatic nitrogens is 4. The van der Waals surface area contributed by atoms with Gasteiger partial charge in [-0.15, -0.1) is 0 Å². The number of nitrogens with zero attached hydrogens (tertiary/aromatic N) is 4. The summed E-state index contributed by atoms with van der Waals surface area (Å²) in [7, 11) is 0. The summed E-state index contributed by atoms with van der Waals surface area (Å²) in [6.45, 7) is 7.69. The van der Waals surface area contributed by atoms with E-state index in [9.17, 15) is 4.39 Å². The van der Waals surface area contributed by atoms with Crippen LogP contribution in [0.4, 0.5) is 16.2 Å². The fourth-order valence-electron chi connectivity index (χ4n) is 3.70. The molecule has 6 nitrogen and oxygen atoms in total. The molecule has 154 valence electrons. The second kappa shape index (κ2) is 9.22. The standard InChI is InChI=1S/C19H20ClFN6.C2H6/c1-11-17(26-19(22)25-11)12-4-6-27(7-5-12)18-14(9-23-10-24-18)13-2-3-16(21)15(20)8-13;1-2/h2-3,8-10,12H,4-7H2,1H3,(H3,22,25,26);1-2H3. The fourth-order valence-corrected chi connectivity index (χ4v) is 3.88. The Morgan fingerprint density at radius 3 is 2.59 bits per heavy atom. The molecule has 0 unspecified atom stereocenters. The first-order chi connectivity index (χ1) is 14.0. The number of hydrogen-bond donors (Lipinski definition) is 2. The lowest BCUT2D eigenvalue weighted by Gasteiger charge is -2.33. The molecule has 29 heavy (non-hydrogen) atoms. The van der Waals surface area contributed by atoms with Crippen LogP contribution in [0.25, 0.3) is 11.1 Å². The monoisotopic (exact) mass is 416 g/mol. The van der Waals surface area contributed by atoms with E-state index in [0.717, 1.165) is 54.3 Å². The zero-order chi connectivity index (χ0) is 21.0. The number of nitrogens with one attached hydrogen (secondary N) is 1. The number of benzene rings is 1. The van der Waals surface area contributed by atoms with Gasteiger partial charge in [0.2, 0.25) is 0 Å². The van der Waals surface area contributed by atoms with Crippen molar-refractivity contribution in [2.24, 2.45) is 0 Å². The first-order valence-corrected chi connectivity index (χ1v) is 10.2. The van der Waals surface area contributed by atoms with Gasteiger partial charge < -0.3 is 15.6 Å². The number of piperidine rings is 1. The second-order valence-electron chi connectivity index (χ2n) is 6.78. The molecule has 1 fully saturated rings. The Labute approximate surface area is 175 Å². The van der Waals surface area contributed by atoms with E-state index < -0.39 is 5.82 Å². The average Bonchev–Trinajstić information content (AvgIpc) is 3.09. The van der Waals surface area contributed by atoms with E-state index in [-0.39, 0.29) is 5.02 Å². The first-order valence-electron chi connectivity index (χ1n) is 9.85. The molecule has 1 aromatic carbocycles. The van der Waals surface area contributed by atoms with Crippen LogP contribution in [0.2, 0.25) is 5.02 Å². The number of rotatable bonds is 3. The number of imidazole rings is 1. The van der Waals surface area contributed by atoms with Crippen LogP contribution in [-0.2, 0) is 0 Å². The summed E-state index contributed by atoms with van der Waals surface area (Å²) in [6.07, 6.45) is 5.20. The van der Waals surface area contributed by atoms with Gasteiger partial charge in [-0.3, -0.25) is 0 Å². The van der Waals surface area contributed by atoms with Gasteiger partial charge in [-0.1, -0.05) is 31.5 Å². The van der Waals surface area contributed by atoms with Crippen molar-refractivity contribution in [1.82, 2.24) is 19.9 Å². The van der Waals surface area contributed by atoms with E-state index in [0.29, 0.717) is 11.9 Å². The smallest absolute Gasteiger partial charge is 0.197 e. The van der Waals surface area contributed by atoms with E-state index in [1.807, 2.05) is 20.8 Å². The van der Waals surface area contributed by atoms with Crippen LogP contribution < -0.4 is 10.6 Å². The molecule has 1 aliphatic heterocycles. The second-order valence-corrected chi connectivity index (χ2v) is 7.19. The normalized spacial score (nSPS) is 14.4. The van der Waals surface area contributed by atoms with Crippen molar-refractivity contribution in [1.29, 1.82) is 0 Å². The summed E-state index contributed by atoms with van der Waals surface area (Å²) in [6, 6.07) is 4.68. The van der Waals surface area contributed by atoms with Gasteiger partial charge in [0.25, 0.3) is 0 Å². The Hall–Kier alpha value is -2.67. The Morgan fingerprint density at radius 1 is 1.24 bits per heavy atom. The highest BCUT2D eigenvalue weighted by molar-refractivity contribution is 6.31. The number of aromatic amines is 1. The van der Waals surface area contributed by atoms with Crippen LogP contribution in [0.5, 0.6) is 0 Å². The molecule has 3 heterocycles. The molecule has 1 saturated heterocycles. The summed E-state index contributed by atoms with van der Waals surface area (Å²) >= 11 is 5.96. The Bertz CT molecular complexity index is 966. The number of hydrogen-bond acceptors (Lipinski definition) is 5. The van der Waals surface area contributed by atoms with Crippen LogP contribution in [0.1, 0.15) is 44.0 Å². The van der Waals surface area contributed by atoms with E-state index in [1.165, 1.54) is 12.4 Å². The minimum atomic E-state index is -0.437. The molecule has 0 saturated carbocycles. The molecule has 0 atom stereocenters. The molecule has 3 aromatic rings. The predicted molar refractivity (Wildman–Crippen MR) is 116 cm³/mol. The number of nitrogens with two attached hydrogens (primary N) is 1. The van der Waals surface area contributed by atoms with Crippen molar-refractivity contribution in [3.63, 3.8) is 0 Å². The molecule has 0 spiro atoms. The maximum Gasteiger partial charge on any atom is 0.197 e. The molecule has 1 aliphatic rings. The quantitative estimate of drug-likeness (QED) is 0.630. The van der Waals surface area contributed by atoms with E-state index in [4.69, 9.17) is 17.3 Å². The van der Waals surface area contributed by atoms with Crippen LogP contribution in [0, 0.1) is 12.7 Å². The molecule has 4 rings (SSSR count). The predicted octanol–water partition coefficient (Wildman–Crippen LogP) is 4.96. The first kappa shape index (κ1) is 21.0. The average molecular weight is 417 g/mol. The minimum absolute atomic E-state index is 0.0904. The highest BCUT2D eigenvalue weighted by Gasteiger charge is 2.26. The van der Waals surface area contributed by atoms with Gasteiger partial charge in [-0.05, 0) is 37.5 Å². The van der Waals surface area contributed by atoms with Gasteiger partial charge in [0.15, 0.2) is 5.95 Å². The maximum atomic E-state index is 13.5. The summed E-state index contributed by atoms with van der Waals surface area (Å²) in [5, 5.41) is 0.0904. The van der Waals surface area contributed by atoms with Gasteiger partial charge in [0.1, 0.15) is 18.0 Å². The third kappa shape index (κ3) is 4.50. The largest absolute Gasteiger partial charge is 0.369 e. The van der Waals surface area contributed by atoms with E-state index in [2.05, 4.69) is 24.8 Å². The summed E-state index contributed by atoms with van der Waals surface area (Å²) < 4.78 is 13.5. The van der Waals surface area contributed by atoms with Gasteiger partial charge >= 0.3 is 0 Å². The molecular formula is C21H26ClFN6. The number of nitrogen functional groups attached to an aromatic ring is 1. The summed E-state index contributed by atoms with van der Waals surface area (Å²) in [4.78, 5) is 18.4. The molecule has 3 N–H and O–H groups in total. The molecule has 0 radical (unpaired) electrons. The molecule has 2 aromatic heterocycles. The van der Waals surface area contributed by atoms with Crippen molar-refractivity contribution >= 4 is 23.4 Å². The van der Waals surface area contributed by atoms with Gasteiger partial charge in [0.05, 0.1) is 10.7 Å². The summed E-state index contributed by atoms with van der Waals surface area (Å²) in [5.41, 5.74) is 9.52. The number of anilines is 2. The number of aryl methyl sites for hydroxylation is 1. The molecule has 0 aliphatic carbocycles. The van der Waals surface area contributed by atoms with Gasteiger partial charge in [-0.25, -0.2) is 19.3 Å². The van der Waals surface area contributed by atoms with E-state index >= 15 is 0 Å². The van der Waals surface area contributed by atoms with Crippen molar-refractivity contribution < 1.29 is 4.39 Å². The lowest BCUT2D eigenvalue weighted by atomic mass is 9.92. The third-order valence-corrected chi connectivity index (χ3v) is 5.33. The lowest BCUT2D eigenvalue weighted by Crippen LogP contribution is -2.34. The van der Waals surface area contributed by atoms with Gasteiger partial charge in [0, 0.05) is 36.5 Å².